The Morgan fingerprint density at radius 1 is 1.33 bits per heavy atom. The highest BCUT2D eigenvalue weighted by molar-refractivity contribution is 7.99. The molecule has 2 heterocycles. The van der Waals surface area contributed by atoms with Crippen molar-refractivity contribution < 1.29 is 9.53 Å². The van der Waals surface area contributed by atoms with Gasteiger partial charge in [0.15, 0.2) is 0 Å². The van der Waals surface area contributed by atoms with Gasteiger partial charge < -0.3 is 4.74 Å². The van der Waals surface area contributed by atoms with Crippen molar-refractivity contribution in [3.8, 4) is 0 Å². The number of esters is 1. The predicted octanol–water partition coefficient (Wildman–Crippen LogP) is 0.940. The Balaban J connectivity index is 1.93. The topological polar surface area (TPSA) is 95.7 Å². The van der Waals surface area contributed by atoms with E-state index < -0.39 is 5.97 Å². The van der Waals surface area contributed by atoms with Crippen molar-refractivity contribution in [2.75, 3.05) is 7.11 Å². The van der Waals surface area contributed by atoms with Crippen LogP contribution in [0.15, 0.2) is 40.8 Å². The lowest BCUT2D eigenvalue weighted by molar-refractivity contribution is -0.141. The van der Waals surface area contributed by atoms with Crippen LogP contribution in [0.1, 0.15) is 0 Å². The molecule has 3 aromatic rings. The molecule has 2 aromatic heterocycles. The van der Waals surface area contributed by atoms with Gasteiger partial charge in [0.1, 0.15) is 17.9 Å². The highest BCUT2D eigenvalue weighted by atomic mass is 32.2. The third-order valence-electron chi connectivity index (χ3n) is 2.70. The summed E-state index contributed by atoms with van der Waals surface area (Å²) in [7, 11) is 1.32. The molecule has 0 amide bonds. The minimum Gasteiger partial charge on any atom is -0.468 e. The molecule has 0 fully saturated rings. The van der Waals surface area contributed by atoms with Crippen LogP contribution in [0, 0.1) is 0 Å². The van der Waals surface area contributed by atoms with Gasteiger partial charge in [-0.15, -0.1) is 5.10 Å². The summed E-state index contributed by atoms with van der Waals surface area (Å²) in [6.07, 6.45) is 1.49. The average molecular weight is 302 g/mol. The highest BCUT2D eigenvalue weighted by Gasteiger charge is 2.14. The van der Waals surface area contributed by atoms with Gasteiger partial charge in [0.2, 0.25) is 5.16 Å². The van der Waals surface area contributed by atoms with Gasteiger partial charge in [-0.2, -0.15) is 0 Å². The minimum absolute atomic E-state index is 0.0468. The number of hydrogen-bond donors (Lipinski definition) is 0. The number of tetrazole rings is 1. The SMILES string of the molecule is COC(=O)Cn1nnnc1Sc1ncnc2ccccc12. The number of hydrogen-bond acceptors (Lipinski definition) is 8. The first-order chi connectivity index (χ1) is 10.3. The third-order valence-corrected chi connectivity index (χ3v) is 3.69. The van der Waals surface area contributed by atoms with Crippen molar-refractivity contribution in [2.24, 2.45) is 0 Å². The van der Waals surface area contributed by atoms with Gasteiger partial charge in [0.25, 0.3) is 0 Å². The van der Waals surface area contributed by atoms with Crippen LogP contribution in [-0.4, -0.2) is 43.3 Å². The van der Waals surface area contributed by atoms with Crippen LogP contribution in [0.25, 0.3) is 10.9 Å². The van der Waals surface area contributed by atoms with Crippen LogP contribution < -0.4 is 0 Å². The molecule has 1 aromatic carbocycles. The number of carbonyl (C=O) groups is 1. The van der Waals surface area contributed by atoms with Gasteiger partial charge in [-0.1, -0.05) is 18.2 Å². The summed E-state index contributed by atoms with van der Waals surface area (Å²) in [5, 5.41) is 13.3. The quantitative estimate of drug-likeness (QED) is 0.519. The first kappa shape index (κ1) is 13.4. The number of ether oxygens (including phenoxy) is 1. The van der Waals surface area contributed by atoms with Crippen LogP contribution in [0.4, 0.5) is 0 Å². The second-order valence-corrected chi connectivity index (χ2v) is 4.95. The number of para-hydroxylation sites is 1. The van der Waals surface area contributed by atoms with Crippen LogP contribution in [0.3, 0.4) is 0 Å². The summed E-state index contributed by atoms with van der Waals surface area (Å²) in [4.78, 5) is 19.8. The number of benzene rings is 1. The number of nitrogens with zero attached hydrogens (tertiary/aromatic N) is 6. The van der Waals surface area contributed by atoms with E-state index in [-0.39, 0.29) is 6.54 Å². The second-order valence-electron chi connectivity index (χ2n) is 3.99. The van der Waals surface area contributed by atoms with Crippen LogP contribution in [-0.2, 0) is 16.1 Å². The maximum atomic E-state index is 11.3. The lowest BCUT2D eigenvalue weighted by Gasteiger charge is -2.04. The summed E-state index contributed by atoms with van der Waals surface area (Å²) in [5.41, 5.74) is 0.835. The summed E-state index contributed by atoms with van der Waals surface area (Å²) < 4.78 is 5.98. The Bertz CT molecular complexity index is 785. The summed E-state index contributed by atoms with van der Waals surface area (Å²) in [6.45, 7) is -0.0468. The summed E-state index contributed by atoms with van der Waals surface area (Å²) in [5.74, 6) is -0.420. The maximum absolute atomic E-state index is 11.3. The van der Waals surface area contributed by atoms with Crippen LogP contribution in [0.5, 0.6) is 0 Å². The molecule has 0 atom stereocenters. The zero-order valence-electron chi connectivity index (χ0n) is 11.0. The van der Waals surface area contributed by atoms with Gasteiger partial charge in [0, 0.05) is 5.39 Å². The van der Waals surface area contributed by atoms with Crippen molar-refractivity contribution in [3.05, 3.63) is 30.6 Å². The molecular weight excluding hydrogens is 292 g/mol. The number of carbonyl (C=O) groups excluding carboxylic acids is 1. The normalized spacial score (nSPS) is 10.7. The Labute approximate surface area is 123 Å². The fourth-order valence-corrected chi connectivity index (χ4v) is 2.54. The van der Waals surface area contributed by atoms with Gasteiger partial charge >= 0.3 is 5.97 Å². The minimum atomic E-state index is -0.420. The van der Waals surface area contributed by atoms with Crippen LogP contribution in [0.2, 0.25) is 0 Å². The van der Waals surface area contributed by atoms with Crippen molar-refractivity contribution in [1.29, 1.82) is 0 Å². The molecule has 106 valence electrons. The van der Waals surface area contributed by atoms with Gasteiger partial charge in [-0.25, -0.2) is 14.6 Å². The van der Waals surface area contributed by atoms with E-state index in [2.05, 4.69) is 30.2 Å². The first-order valence-corrected chi connectivity index (χ1v) is 6.80. The Kier molecular flexibility index (Phi) is 3.73. The smallest absolute Gasteiger partial charge is 0.327 e. The summed E-state index contributed by atoms with van der Waals surface area (Å²) in [6, 6.07) is 7.64. The Morgan fingerprint density at radius 3 is 3.05 bits per heavy atom. The molecule has 0 N–H and O–H groups in total. The first-order valence-electron chi connectivity index (χ1n) is 5.98. The van der Waals surface area contributed by atoms with E-state index in [0.29, 0.717) is 5.16 Å². The van der Waals surface area contributed by atoms with Crippen LogP contribution >= 0.6 is 11.8 Å². The van der Waals surface area contributed by atoms with E-state index in [4.69, 9.17) is 0 Å². The molecule has 0 radical (unpaired) electrons. The molecule has 0 saturated carbocycles. The second kappa shape index (κ2) is 5.83. The fraction of sp³-hybridized carbons (Fsp3) is 0.167. The molecule has 0 aliphatic carbocycles. The van der Waals surface area contributed by atoms with Crippen molar-refractivity contribution in [1.82, 2.24) is 30.2 Å². The summed E-state index contributed by atoms with van der Waals surface area (Å²) >= 11 is 1.27. The molecule has 8 nitrogen and oxygen atoms in total. The molecule has 0 saturated heterocycles. The fourth-order valence-electron chi connectivity index (χ4n) is 1.70. The van der Waals surface area contributed by atoms with Crippen molar-refractivity contribution >= 4 is 28.6 Å². The molecule has 0 spiro atoms. The Morgan fingerprint density at radius 2 is 2.19 bits per heavy atom. The van der Waals surface area contributed by atoms with Crippen molar-refractivity contribution in [2.45, 2.75) is 16.7 Å². The molecule has 0 bridgehead atoms. The molecule has 21 heavy (non-hydrogen) atoms. The monoisotopic (exact) mass is 302 g/mol. The zero-order chi connectivity index (χ0) is 14.7. The number of fused-ring (bicyclic) bond motifs is 1. The van der Waals surface area contributed by atoms with E-state index >= 15 is 0 Å². The van der Waals surface area contributed by atoms with E-state index in [9.17, 15) is 4.79 Å². The van der Waals surface area contributed by atoms with Gasteiger partial charge in [0.05, 0.1) is 12.6 Å². The molecule has 0 aliphatic heterocycles. The van der Waals surface area contributed by atoms with E-state index in [1.807, 2.05) is 24.3 Å². The van der Waals surface area contributed by atoms with E-state index in [1.54, 1.807) is 0 Å². The standard InChI is InChI=1S/C12H10N6O2S/c1-20-10(19)6-18-12(15-16-17-18)21-11-8-4-2-3-5-9(8)13-7-14-11/h2-5,7H,6H2,1H3. The van der Waals surface area contributed by atoms with Gasteiger partial charge in [-0.05, 0) is 28.3 Å². The zero-order valence-corrected chi connectivity index (χ0v) is 11.8. The lowest BCUT2D eigenvalue weighted by atomic mass is 10.2. The predicted molar refractivity (Wildman–Crippen MR) is 73.5 cm³/mol. The van der Waals surface area contributed by atoms with Gasteiger partial charge in [-0.3, -0.25) is 4.79 Å². The highest BCUT2D eigenvalue weighted by Crippen LogP contribution is 2.28. The van der Waals surface area contributed by atoms with Crippen molar-refractivity contribution in [3.63, 3.8) is 0 Å². The largest absolute Gasteiger partial charge is 0.468 e. The molecule has 9 heteroatoms. The average Bonchev–Trinajstić information content (AvgIpc) is 2.94. The number of methoxy groups -OCH3 is 1. The molecule has 0 aliphatic rings. The number of rotatable bonds is 4. The van der Waals surface area contributed by atoms with E-state index in [0.717, 1.165) is 15.9 Å². The number of aromatic nitrogens is 6. The Hall–Kier alpha value is -2.55. The lowest BCUT2D eigenvalue weighted by Crippen LogP contribution is -2.13. The molecular formula is C12H10N6O2S. The molecule has 3 rings (SSSR count). The molecule has 0 unspecified atom stereocenters. The van der Waals surface area contributed by atoms with E-state index in [1.165, 1.54) is 29.9 Å². The maximum Gasteiger partial charge on any atom is 0.327 e. The third kappa shape index (κ3) is 2.82.